The number of nitro groups is 1. The number of likely N-dealkylation sites (N-methyl/N-ethyl adjacent to an activating group) is 1. The number of anilines is 1. The number of nitrogens with one attached hydrogen (secondary N) is 2. The van der Waals surface area contributed by atoms with Gasteiger partial charge in [0.05, 0.1) is 23.2 Å². The maximum atomic E-state index is 13.2. The Balaban J connectivity index is 1.33. The summed E-state index contributed by atoms with van der Waals surface area (Å²) in [5, 5.41) is 22.4. The number of thioether (sulfide) groups is 1. The molecule has 3 aromatic carbocycles. The SMILES string of the molecule is CC(C(=O)Nc1ccc(-c2nnc(CSCCOc3ccccc3)o2)cc1)C(CN(C)C)NS(=O)(=O)c1ccccc1[N+](=O)[O-]. The monoisotopic (exact) mass is 654 g/mol. The fourth-order valence-corrected chi connectivity index (χ4v) is 6.36. The van der Waals surface area contributed by atoms with E-state index in [0.29, 0.717) is 35.4 Å². The molecular weight excluding hydrogens is 620 g/mol. The molecule has 0 radical (unpaired) electrons. The average molecular weight is 655 g/mol. The van der Waals surface area contributed by atoms with Crippen molar-refractivity contribution < 1.29 is 27.3 Å². The standard InChI is InChI=1S/C30H34N6O7S2/c1-21(25(19-35(2)3)34-45(40,41)27-12-8-7-11-26(27)36(38)39)29(37)31-23-15-13-22(14-16-23)30-33-32-28(43-30)20-44-18-17-42-24-9-5-4-6-10-24/h4-16,21,25,34H,17-20H2,1-3H3,(H,31,37). The van der Waals surface area contributed by atoms with Crippen molar-refractivity contribution in [1.82, 2.24) is 19.8 Å². The topological polar surface area (TPSA) is 170 Å². The van der Waals surface area contributed by atoms with Crippen LogP contribution in [-0.2, 0) is 20.6 Å². The highest BCUT2D eigenvalue weighted by atomic mass is 32.2. The van der Waals surface area contributed by atoms with Crippen molar-refractivity contribution in [3.63, 3.8) is 0 Å². The molecule has 2 N–H and O–H groups in total. The molecule has 238 valence electrons. The number of carbonyl (C=O) groups is 1. The van der Waals surface area contributed by atoms with Crippen molar-refractivity contribution in [3.8, 4) is 17.2 Å². The number of rotatable bonds is 16. The number of carbonyl (C=O) groups excluding carboxylic acids is 1. The van der Waals surface area contributed by atoms with Gasteiger partial charge < -0.3 is 19.4 Å². The number of sulfonamides is 1. The molecule has 15 heteroatoms. The largest absolute Gasteiger partial charge is 0.493 e. The van der Waals surface area contributed by atoms with Crippen LogP contribution < -0.4 is 14.8 Å². The van der Waals surface area contributed by atoms with E-state index >= 15 is 0 Å². The first-order valence-electron chi connectivity index (χ1n) is 13.9. The first-order valence-corrected chi connectivity index (χ1v) is 16.6. The van der Waals surface area contributed by atoms with Crippen molar-refractivity contribution in [2.75, 3.05) is 38.3 Å². The van der Waals surface area contributed by atoms with Crippen molar-refractivity contribution in [3.05, 3.63) is 94.9 Å². The molecule has 2 atom stereocenters. The second kappa shape index (κ2) is 15.6. The van der Waals surface area contributed by atoms with E-state index in [-0.39, 0.29) is 6.54 Å². The van der Waals surface area contributed by atoms with Crippen LogP contribution in [0.5, 0.6) is 5.75 Å². The average Bonchev–Trinajstić information content (AvgIpc) is 3.49. The van der Waals surface area contributed by atoms with Gasteiger partial charge in [-0.05, 0) is 56.6 Å². The third-order valence-electron chi connectivity index (χ3n) is 6.57. The van der Waals surface area contributed by atoms with Crippen LogP contribution in [0.1, 0.15) is 12.8 Å². The third kappa shape index (κ3) is 9.59. The number of para-hydroxylation sites is 2. The highest BCUT2D eigenvalue weighted by molar-refractivity contribution is 7.98. The lowest BCUT2D eigenvalue weighted by atomic mass is 10.0. The van der Waals surface area contributed by atoms with Crippen LogP contribution in [0, 0.1) is 16.0 Å². The molecule has 45 heavy (non-hydrogen) atoms. The Morgan fingerprint density at radius 3 is 2.42 bits per heavy atom. The summed E-state index contributed by atoms with van der Waals surface area (Å²) in [6.07, 6.45) is 0. The molecular formula is C30H34N6O7S2. The first kappa shape index (κ1) is 33.6. The molecule has 0 aliphatic heterocycles. The summed E-state index contributed by atoms with van der Waals surface area (Å²) in [5.74, 6) is 1.66. The van der Waals surface area contributed by atoms with Crippen LogP contribution in [0.2, 0.25) is 0 Å². The van der Waals surface area contributed by atoms with Crippen LogP contribution in [0.3, 0.4) is 0 Å². The number of nitrogens with zero attached hydrogens (tertiary/aromatic N) is 4. The van der Waals surface area contributed by atoms with E-state index in [9.17, 15) is 23.3 Å². The summed E-state index contributed by atoms with van der Waals surface area (Å²) in [4.78, 5) is 25.1. The Kier molecular flexibility index (Phi) is 11.6. The van der Waals surface area contributed by atoms with Crippen LogP contribution in [0.4, 0.5) is 11.4 Å². The van der Waals surface area contributed by atoms with Gasteiger partial charge in [0.2, 0.25) is 27.7 Å². The Hall–Kier alpha value is -4.31. The van der Waals surface area contributed by atoms with Gasteiger partial charge in [0, 0.05) is 35.7 Å². The number of aromatic nitrogens is 2. The third-order valence-corrected chi connectivity index (χ3v) is 9.01. The molecule has 13 nitrogen and oxygen atoms in total. The Bertz CT molecular complexity index is 1680. The molecule has 0 bridgehead atoms. The molecule has 0 saturated carbocycles. The van der Waals surface area contributed by atoms with E-state index in [1.54, 1.807) is 61.9 Å². The highest BCUT2D eigenvalue weighted by Crippen LogP contribution is 2.25. The molecule has 1 aromatic heterocycles. The molecule has 4 aromatic rings. The molecule has 0 saturated heterocycles. The fourth-order valence-electron chi connectivity index (χ4n) is 4.25. The van der Waals surface area contributed by atoms with Gasteiger partial charge in [-0.15, -0.1) is 22.0 Å². The Morgan fingerprint density at radius 1 is 1.04 bits per heavy atom. The Morgan fingerprint density at radius 2 is 1.73 bits per heavy atom. The van der Waals surface area contributed by atoms with E-state index in [0.717, 1.165) is 23.6 Å². The lowest BCUT2D eigenvalue weighted by molar-refractivity contribution is -0.387. The summed E-state index contributed by atoms with van der Waals surface area (Å²) >= 11 is 1.61. The van der Waals surface area contributed by atoms with Gasteiger partial charge in [-0.2, -0.15) is 0 Å². The lowest BCUT2D eigenvalue weighted by Crippen LogP contribution is -2.49. The molecule has 0 aliphatic carbocycles. The van der Waals surface area contributed by atoms with E-state index in [4.69, 9.17) is 9.15 Å². The second-order valence-corrected chi connectivity index (χ2v) is 13.1. The first-order chi connectivity index (χ1) is 21.5. The number of benzene rings is 3. The summed E-state index contributed by atoms with van der Waals surface area (Å²) in [6.45, 7) is 2.32. The quantitative estimate of drug-likeness (QED) is 0.0995. The number of hydrogen-bond acceptors (Lipinski definition) is 11. The summed E-state index contributed by atoms with van der Waals surface area (Å²) in [5.41, 5.74) is 0.598. The van der Waals surface area contributed by atoms with Crippen molar-refractivity contribution >= 4 is 39.1 Å². The normalized spacial score (nSPS) is 12.9. The zero-order chi connectivity index (χ0) is 32.4. The molecule has 4 rings (SSSR count). The van der Waals surface area contributed by atoms with Gasteiger partial charge in [-0.3, -0.25) is 14.9 Å². The summed E-state index contributed by atoms with van der Waals surface area (Å²) < 4.78 is 40.3. The molecule has 1 heterocycles. The second-order valence-electron chi connectivity index (χ2n) is 10.3. The van der Waals surface area contributed by atoms with Gasteiger partial charge in [0.15, 0.2) is 4.90 Å². The van der Waals surface area contributed by atoms with E-state index < -0.39 is 43.4 Å². The zero-order valence-corrected chi connectivity index (χ0v) is 26.6. The van der Waals surface area contributed by atoms with E-state index in [1.807, 2.05) is 30.3 Å². The minimum Gasteiger partial charge on any atom is -0.493 e. The maximum absolute atomic E-state index is 13.2. The predicted molar refractivity (Wildman–Crippen MR) is 171 cm³/mol. The smallest absolute Gasteiger partial charge is 0.289 e. The number of nitro benzene ring substituents is 1. The molecule has 0 aliphatic rings. The summed E-state index contributed by atoms with van der Waals surface area (Å²) in [7, 11) is -0.849. The van der Waals surface area contributed by atoms with Crippen LogP contribution >= 0.6 is 11.8 Å². The highest BCUT2D eigenvalue weighted by Gasteiger charge is 2.32. The van der Waals surface area contributed by atoms with Crippen molar-refractivity contribution in [2.45, 2.75) is 23.6 Å². The van der Waals surface area contributed by atoms with Crippen LogP contribution in [0.15, 0.2) is 88.2 Å². The Labute approximate surface area is 265 Å². The van der Waals surface area contributed by atoms with Gasteiger partial charge in [0.25, 0.3) is 5.69 Å². The summed E-state index contributed by atoms with van der Waals surface area (Å²) in [6, 6.07) is 20.6. The van der Waals surface area contributed by atoms with Crippen molar-refractivity contribution in [2.24, 2.45) is 5.92 Å². The van der Waals surface area contributed by atoms with Crippen molar-refractivity contribution in [1.29, 1.82) is 0 Å². The number of hydrogen-bond donors (Lipinski definition) is 2. The molecule has 0 spiro atoms. The van der Waals surface area contributed by atoms with Gasteiger partial charge >= 0.3 is 0 Å². The molecule has 1 amide bonds. The van der Waals surface area contributed by atoms with Crippen LogP contribution in [-0.4, -0.2) is 73.4 Å². The number of amides is 1. The number of ether oxygens (including phenoxy) is 1. The molecule has 2 unspecified atom stereocenters. The minimum absolute atomic E-state index is 0.172. The van der Waals surface area contributed by atoms with Gasteiger partial charge in [-0.1, -0.05) is 37.3 Å². The van der Waals surface area contributed by atoms with E-state index in [2.05, 4.69) is 20.2 Å². The molecule has 0 fully saturated rings. The zero-order valence-electron chi connectivity index (χ0n) is 25.0. The van der Waals surface area contributed by atoms with E-state index in [1.165, 1.54) is 12.1 Å². The fraction of sp³-hybridized carbons (Fsp3) is 0.300. The minimum atomic E-state index is -4.32. The van der Waals surface area contributed by atoms with Gasteiger partial charge in [-0.25, -0.2) is 13.1 Å². The lowest BCUT2D eigenvalue weighted by Gasteiger charge is -2.27. The predicted octanol–water partition coefficient (Wildman–Crippen LogP) is 4.44. The van der Waals surface area contributed by atoms with Gasteiger partial charge in [0.1, 0.15) is 5.75 Å². The van der Waals surface area contributed by atoms with Crippen LogP contribution in [0.25, 0.3) is 11.5 Å². The maximum Gasteiger partial charge on any atom is 0.289 e.